The summed E-state index contributed by atoms with van der Waals surface area (Å²) in [7, 11) is 1.47. The average Bonchev–Trinajstić information content (AvgIpc) is 2.54. The predicted molar refractivity (Wildman–Crippen MR) is 83.5 cm³/mol. The second-order valence-corrected chi connectivity index (χ2v) is 4.99. The first kappa shape index (κ1) is 15.8. The van der Waals surface area contributed by atoms with Crippen molar-refractivity contribution >= 4 is 12.3 Å². The van der Waals surface area contributed by atoms with Gasteiger partial charge in [0.05, 0.1) is 7.11 Å². The number of carbonyl (C=O) groups excluding carboxylic acids is 2. The monoisotopic (exact) mass is 298 g/mol. The molecule has 2 aromatic carbocycles. The molecule has 0 amide bonds. The molecule has 0 heterocycles. The molecular formula is C18H18O4. The summed E-state index contributed by atoms with van der Waals surface area (Å²) >= 11 is 0. The third kappa shape index (κ3) is 4.19. The fourth-order valence-electron chi connectivity index (χ4n) is 2.02. The fourth-order valence-corrected chi connectivity index (χ4v) is 2.02. The van der Waals surface area contributed by atoms with E-state index >= 15 is 0 Å². The Hall–Kier alpha value is -2.62. The lowest BCUT2D eigenvalue weighted by Crippen LogP contribution is -2.10. The van der Waals surface area contributed by atoms with Crippen molar-refractivity contribution in [2.75, 3.05) is 7.11 Å². The normalized spacial score (nSPS) is 10.1. The number of hydrogen-bond acceptors (Lipinski definition) is 4. The summed E-state index contributed by atoms with van der Waals surface area (Å²) in [6.45, 7) is 2.02. The van der Waals surface area contributed by atoms with Gasteiger partial charge in [-0.15, -0.1) is 0 Å². The van der Waals surface area contributed by atoms with Gasteiger partial charge in [0.1, 0.15) is 6.29 Å². The quantitative estimate of drug-likeness (QED) is 0.466. The molecule has 0 aliphatic rings. The zero-order valence-corrected chi connectivity index (χ0v) is 12.7. The lowest BCUT2D eigenvalue weighted by atomic mass is 10.1. The third-order valence-corrected chi connectivity index (χ3v) is 3.29. The maximum absolute atomic E-state index is 11.9. The van der Waals surface area contributed by atoms with E-state index in [9.17, 15) is 9.59 Å². The molecule has 4 nitrogen and oxygen atoms in total. The number of benzene rings is 2. The van der Waals surface area contributed by atoms with Crippen LogP contribution in [-0.2, 0) is 11.2 Å². The van der Waals surface area contributed by atoms with Crippen molar-refractivity contribution < 1.29 is 19.1 Å². The van der Waals surface area contributed by atoms with E-state index in [1.54, 1.807) is 12.1 Å². The van der Waals surface area contributed by atoms with Gasteiger partial charge in [-0.25, -0.2) is 0 Å². The summed E-state index contributed by atoms with van der Waals surface area (Å²) in [4.78, 5) is 22.7. The third-order valence-electron chi connectivity index (χ3n) is 3.29. The highest BCUT2D eigenvalue weighted by Crippen LogP contribution is 2.28. The van der Waals surface area contributed by atoms with Crippen LogP contribution in [-0.4, -0.2) is 19.4 Å². The minimum absolute atomic E-state index is 0.279. The molecule has 2 rings (SSSR count). The summed E-state index contributed by atoms with van der Waals surface area (Å²) in [5, 5.41) is 0. The van der Waals surface area contributed by atoms with Crippen molar-refractivity contribution in [2.24, 2.45) is 0 Å². The molecule has 0 aliphatic carbocycles. The van der Waals surface area contributed by atoms with Crippen LogP contribution in [0.3, 0.4) is 0 Å². The standard InChI is InChI=1S/C18H18O4/c1-13-3-5-14(6-4-13)8-10-18(20)22-16-9-7-15(12-19)11-17(16)21-2/h3-7,9,11-12H,8,10H2,1-2H3. The highest BCUT2D eigenvalue weighted by Gasteiger charge is 2.11. The first-order valence-corrected chi connectivity index (χ1v) is 7.02. The van der Waals surface area contributed by atoms with Gasteiger partial charge in [-0.05, 0) is 37.1 Å². The molecule has 0 radical (unpaired) electrons. The molecule has 114 valence electrons. The minimum Gasteiger partial charge on any atom is -0.493 e. The van der Waals surface area contributed by atoms with E-state index in [-0.39, 0.29) is 12.4 Å². The number of ether oxygens (including phenoxy) is 2. The Bertz CT molecular complexity index is 659. The van der Waals surface area contributed by atoms with E-state index in [0.717, 1.165) is 5.56 Å². The topological polar surface area (TPSA) is 52.6 Å². The number of aryl methyl sites for hydroxylation is 2. The Labute approximate surface area is 129 Å². The van der Waals surface area contributed by atoms with E-state index in [0.29, 0.717) is 29.8 Å². The van der Waals surface area contributed by atoms with E-state index < -0.39 is 0 Å². The van der Waals surface area contributed by atoms with Gasteiger partial charge in [-0.1, -0.05) is 29.8 Å². The maximum Gasteiger partial charge on any atom is 0.311 e. The zero-order valence-electron chi connectivity index (χ0n) is 12.7. The number of hydrogen-bond donors (Lipinski definition) is 0. The Morgan fingerprint density at radius 2 is 1.82 bits per heavy atom. The highest BCUT2D eigenvalue weighted by molar-refractivity contribution is 5.78. The second-order valence-electron chi connectivity index (χ2n) is 4.99. The first-order valence-electron chi connectivity index (χ1n) is 7.02. The van der Waals surface area contributed by atoms with Crippen molar-refractivity contribution in [3.05, 3.63) is 59.2 Å². The number of methoxy groups -OCH3 is 1. The molecule has 0 fully saturated rings. The number of esters is 1. The van der Waals surface area contributed by atoms with Crippen LogP contribution < -0.4 is 9.47 Å². The van der Waals surface area contributed by atoms with Crippen molar-refractivity contribution in [3.63, 3.8) is 0 Å². The van der Waals surface area contributed by atoms with E-state index in [1.165, 1.54) is 18.7 Å². The fraction of sp³-hybridized carbons (Fsp3) is 0.222. The van der Waals surface area contributed by atoms with E-state index in [1.807, 2.05) is 31.2 Å². The Kier molecular flexibility index (Phi) is 5.31. The molecule has 4 heteroatoms. The predicted octanol–water partition coefficient (Wildman–Crippen LogP) is 3.35. The Morgan fingerprint density at radius 1 is 1.09 bits per heavy atom. The second kappa shape index (κ2) is 7.41. The smallest absolute Gasteiger partial charge is 0.311 e. The minimum atomic E-state index is -0.335. The number of aldehydes is 1. The maximum atomic E-state index is 11.9. The number of carbonyl (C=O) groups is 2. The summed E-state index contributed by atoms with van der Waals surface area (Å²) in [6, 6.07) is 12.7. The van der Waals surface area contributed by atoms with Crippen LogP contribution in [0, 0.1) is 6.92 Å². The van der Waals surface area contributed by atoms with Crippen LogP contribution in [0.4, 0.5) is 0 Å². The summed E-state index contributed by atoms with van der Waals surface area (Å²) in [5.41, 5.74) is 2.74. The molecule has 0 unspecified atom stereocenters. The number of rotatable bonds is 6. The molecular weight excluding hydrogens is 280 g/mol. The molecule has 0 aromatic heterocycles. The Morgan fingerprint density at radius 3 is 2.45 bits per heavy atom. The molecule has 0 aliphatic heterocycles. The average molecular weight is 298 g/mol. The summed E-state index contributed by atoms with van der Waals surface area (Å²) in [5.74, 6) is 0.355. The van der Waals surface area contributed by atoms with Gasteiger partial charge in [0.25, 0.3) is 0 Å². The summed E-state index contributed by atoms with van der Waals surface area (Å²) in [6.07, 6.45) is 1.61. The lowest BCUT2D eigenvalue weighted by molar-refractivity contribution is -0.134. The van der Waals surface area contributed by atoms with E-state index in [4.69, 9.17) is 9.47 Å². The molecule has 0 atom stereocenters. The largest absolute Gasteiger partial charge is 0.493 e. The highest BCUT2D eigenvalue weighted by atomic mass is 16.6. The molecule has 0 spiro atoms. The molecule has 0 saturated carbocycles. The lowest BCUT2D eigenvalue weighted by Gasteiger charge is -2.09. The van der Waals surface area contributed by atoms with Crippen LogP contribution in [0.15, 0.2) is 42.5 Å². The van der Waals surface area contributed by atoms with Crippen LogP contribution in [0.5, 0.6) is 11.5 Å². The SMILES string of the molecule is COc1cc(C=O)ccc1OC(=O)CCc1ccc(C)cc1. The van der Waals surface area contributed by atoms with Gasteiger partial charge in [-0.3, -0.25) is 9.59 Å². The Balaban J connectivity index is 1.97. The van der Waals surface area contributed by atoms with Gasteiger partial charge in [-0.2, -0.15) is 0 Å². The molecule has 0 N–H and O–H groups in total. The van der Waals surface area contributed by atoms with Gasteiger partial charge < -0.3 is 9.47 Å². The summed E-state index contributed by atoms with van der Waals surface area (Å²) < 4.78 is 10.4. The van der Waals surface area contributed by atoms with Crippen molar-refractivity contribution in [1.82, 2.24) is 0 Å². The van der Waals surface area contributed by atoms with Gasteiger partial charge in [0, 0.05) is 12.0 Å². The molecule has 22 heavy (non-hydrogen) atoms. The molecule has 2 aromatic rings. The van der Waals surface area contributed by atoms with Gasteiger partial charge in [0.15, 0.2) is 11.5 Å². The first-order chi connectivity index (χ1) is 10.6. The van der Waals surface area contributed by atoms with Gasteiger partial charge in [0.2, 0.25) is 0 Å². The van der Waals surface area contributed by atoms with Crippen molar-refractivity contribution in [3.8, 4) is 11.5 Å². The van der Waals surface area contributed by atoms with Gasteiger partial charge >= 0.3 is 5.97 Å². The van der Waals surface area contributed by atoms with Crippen LogP contribution in [0.1, 0.15) is 27.9 Å². The molecule has 0 saturated heterocycles. The zero-order chi connectivity index (χ0) is 15.9. The molecule has 0 bridgehead atoms. The van der Waals surface area contributed by atoms with Crippen molar-refractivity contribution in [2.45, 2.75) is 19.8 Å². The van der Waals surface area contributed by atoms with E-state index in [2.05, 4.69) is 0 Å². The van der Waals surface area contributed by atoms with Crippen LogP contribution >= 0.6 is 0 Å². The van der Waals surface area contributed by atoms with Crippen LogP contribution in [0.25, 0.3) is 0 Å². The van der Waals surface area contributed by atoms with Crippen molar-refractivity contribution in [1.29, 1.82) is 0 Å². The van der Waals surface area contributed by atoms with Crippen LogP contribution in [0.2, 0.25) is 0 Å².